The van der Waals surface area contributed by atoms with Crippen molar-refractivity contribution >= 4 is 0 Å². The van der Waals surface area contributed by atoms with E-state index in [-0.39, 0.29) is 5.92 Å². The first-order valence-electron chi connectivity index (χ1n) is 6.97. The molecule has 0 radical (unpaired) electrons. The van der Waals surface area contributed by atoms with Gasteiger partial charge in [-0.25, -0.2) is 8.78 Å². The third-order valence-corrected chi connectivity index (χ3v) is 3.86. The normalized spacial score (nSPS) is 22.4. The van der Waals surface area contributed by atoms with Gasteiger partial charge in [-0.2, -0.15) is 0 Å². The van der Waals surface area contributed by atoms with E-state index in [0.717, 1.165) is 25.7 Å². The lowest BCUT2D eigenvalue weighted by Gasteiger charge is -2.33. The zero-order chi connectivity index (χ0) is 13.8. The molecule has 1 aromatic carbocycles. The fourth-order valence-corrected chi connectivity index (χ4v) is 2.89. The van der Waals surface area contributed by atoms with E-state index in [1.165, 1.54) is 25.0 Å². The molecule has 0 aromatic heterocycles. The van der Waals surface area contributed by atoms with Crippen LogP contribution in [0.5, 0.6) is 0 Å². The number of hydrogen-bond donors (Lipinski definition) is 1. The summed E-state index contributed by atoms with van der Waals surface area (Å²) in [6.07, 6.45) is 2.45. The van der Waals surface area contributed by atoms with Gasteiger partial charge < -0.3 is 10.6 Å². The summed E-state index contributed by atoms with van der Waals surface area (Å²) in [5.74, 6) is -0.368. The van der Waals surface area contributed by atoms with Crippen LogP contribution in [0.3, 0.4) is 0 Å². The summed E-state index contributed by atoms with van der Waals surface area (Å²) >= 11 is 0. The first kappa shape index (κ1) is 14.4. The summed E-state index contributed by atoms with van der Waals surface area (Å²) in [5.41, 5.74) is 6.45. The molecule has 4 heteroatoms. The van der Waals surface area contributed by atoms with Crippen molar-refractivity contribution in [3.8, 4) is 0 Å². The summed E-state index contributed by atoms with van der Waals surface area (Å²) in [6, 6.07) is 3.70. The van der Waals surface area contributed by atoms with Crippen LogP contribution in [-0.2, 0) is 0 Å². The van der Waals surface area contributed by atoms with Gasteiger partial charge in [-0.3, -0.25) is 0 Å². The SMILES string of the molecule is CC1CCCN(CC(CN)c2cc(F)cc(F)c2)C1. The maximum absolute atomic E-state index is 13.3. The Kier molecular flexibility index (Phi) is 4.88. The Bertz CT molecular complexity index is 402. The van der Waals surface area contributed by atoms with Gasteiger partial charge in [0.05, 0.1) is 0 Å². The number of nitrogens with zero attached hydrogens (tertiary/aromatic N) is 1. The second-order valence-electron chi connectivity index (χ2n) is 5.64. The van der Waals surface area contributed by atoms with Crippen molar-refractivity contribution in [2.24, 2.45) is 11.7 Å². The lowest BCUT2D eigenvalue weighted by atomic mass is 9.95. The summed E-state index contributed by atoms with van der Waals surface area (Å²) in [5, 5.41) is 0. The molecule has 2 atom stereocenters. The van der Waals surface area contributed by atoms with Crippen molar-refractivity contribution in [3.05, 3.63) is 35.4 Å². The minimum Gasteiger partial charge on any atom is -0.330 e. The molecule has 1 aromatic rings. The molecule has 19 heavy (non-hydrogen) atoms. The summed E-state index contributed by atoms with van der Waals surface area (Å²) in [6.45, 7) is 5.54. The van der Waals surface area contributed by atoms with Crippen molar-refractivity contribution in [3.63, 3.8) is 0 Å². The number of rotatable bonds is 4. The van der Waals surface area contributed by atoms with Gasteiger partial charge in [-0.15, -0.1) is 0 Å². The molecule has 0 bridgehead atoms. The molecular weight excluding hydrogens is 246 g/mol. The number of nitrogens with two attached hydrogens (primary N) is 1. The predicted molar refractivity (Wildman–Crippen MR) is 73.0 cm³/mol. The van der Waals surface area contributed by atoms with E-state index >= 15 is 0 Å². The highest BCUT2D eigenvalue weighted by Crippen LogP contribution is 2.22. The van der Waals surface area contributed by atoms with Crippen LogP contribution < -0.4 is 5.73 Å². The van der Waals surface area contributed by atoms with Gasteiger partial charge in [0.25, 0.3) is 0 Å². The van der Waals surface area contributed by atoms with Gasteiger partial charge >= 0.3 is 0 Å². The first-order chi connectivity index (χ1) is 9.08. The molecule has 2 rings (SSSR count). The molecule has 1 heterocycles. The minimum atomic E-state index is -0.527. The van der Waals surface area contributed by atoms with E-state index in [1.807, 2.05) is 0 Å². The van der Waals surface area contributed by atoms with Gasteiger partial charge in [0.2, 0.25) is 0 Å². The third-order valence-electron chi connectivity index (χ3n) is 3.86. The standard InChI is InChI=1S/C15H22F2N2/c1-11-3-2-4-19(9-11)10-13(8-18)12-5-14(16)7-15(17)6-12/h5-7,11,13H,2-4,8-10,18H2,1H3. The van der Waals surface area contributed by atoms with Gasteiger partial charge in [0, 0.05) is 31.6 Å². The summed E-state index contributed by atoms with van der Waals surface area (Å²) < 4.78 is 26.5. The highest BCUT2D eigenvalue weighted by molar-refractivity contribution is 5.22. The fraction of sp³-hybridized carbons (Fsp3) is 0.600. The summed E-state index contributed by atoms with van der Waals surface area (Å²) in [4.78, 5) is 2.36. The maximum Gasteiger partial charge on any atom is 0.126 e. The fourth-order valence-electron chi connectivity index (χ4n) is 2.89. The Morgan fingerprint density at radius 3 is 2.58 bits per heavy atom. The number of likely N-dealkylation sites (tertiary alicyclic amines) is 1. The van der Waals surface area contributed by atoms with E-state index in [4.69, 9.17) is 5.73 Å². The number of benzene rings is 1. The zero-order valence-corrected chi connectivity index (χ0v) is 11.4. The van der Waals surface area contributed by atoms with Gasteiger partial charge in [-0.05, 0) is 43.0 Å². The zero-order valence-electron chi connectivity index (χ0n) is 11.4. The topological polar surface area (TPSA) is 29.3 Å². The molecule has 2 N–H and O–H groups in total. The largest absolute Gasteiger partial charge is 0.330 e. The van der Waals surface area contributed by atoms with Gasteiger partial charge in [-0.1, -0.05) is 6.92 Å². The lowest BCUT2D eigenvalue weighted by molar-refractivity contribution is 0.174. The van der Waals surface area contributed by atoms with Crippen LogP contribution in [0.4, 0.5) is 8.78 Å². The Morgan fingerprint density at radius 1 is 1.32 bits per heavy atom. The highest BCUT2D eigenvalue weighted by Gasteiger charge is 2.21. The second-order valence-corrected chi connectivity index (χ2v) is 5.64. The Balaban J connectivity index is 2.06. The minimum absolute atomic E-state index is 0.00417. The molecule has 1 aliphatic rings. The van der Waals surface area contributed by atoms with Crippen LogP contribution in [0, 0.1) is 17.6 Å². The number of hydrogen-bond acceptors (Lipinski definition) is 2. The molecule has 1 fully saturated rings. The molecule has 106 valence electrons. The van der Waals surface area contributed by atoms with Crippen LogP contribution in [0.25, 0.3) is 0 Å². The van der Waals surface area contributed by atoms with Crippen molar-refractivity contribution in [1.29, 1.82) is 0 Å². The Hall–Kier alpha value is -1.00. The average molecular weight is 268 g/mol. The van der Waals surface area contributed by atoms with E-state index < -0.39 is 11.6 Å². The second kappa shape index (κ2) is 6.44. The molecule has 2 nitrogen and oxygen atoms in total. The maximum atomic E-state index is 13.3. The van der Waals surface area contributed by atoms with Crippen LogP contribution in [0.2, 0.25) is 0 Å². The molecule has 1 saturated heterocycles. The van der Waals surface area contributed by atoms with E-state index in [0.29, 0.717) is 18.0 Å². The van der Waals surface area contributed by atoms with Crippen molar-refractivity contribution < 1.29 is 8.78 Å². The van der Waals surface area contributed by atoms with Crippen LogP contribution >= 0.6 is 0 Å². The number of piperidine rings is 1. The Labute approximate surface area is 113 Å². The van der Waals surface area contributed by atoms with Crippen molar-refractivity contribution in [2.45, 2.75) is 25.7 Å². The van der Waals surface area contributed by atoms with Crippen LogP contribution in [-0.4, -0.2) is 31.1 Å². The van der Waals surface area contributed by atoms with E-state index in [9.17, 15) is 8.78 Å². The quantitative estimate of drug-likeness (QED) is 0.909. The smallest absolute Gasteiger partial charge is 0.126 e. The lowest BCUT2D eigenvalue weighted by Crippen LogP contribution is -2.38. The Morgan fingerprint density at radius 2 is 2.00 bits per heavy atom. The molecule has 1 aliphatic heterocycles. The average Bonchev–Trinajstić information content (AvgIpc) is 2.34. The number of halogens is 2. The van der Waals surface area contributed by atoms with Gasteiger partial charge in [0.1, 0.15) is 11.6 Å². The van der Waals surface area contributed by atoms with Crippen molar-refractivity contribution in [1.82, 2.24) is 4.90 Å². The van der Waals surface area contributed by atoms with Crippen molar-refractivity contribution in [2.75, 3.05) is 26.2 Å². The molecule has 0 saturated carbocycles. The molecule has 0 amide bonds. The van der Waals surface area contributed by atoms with Gasteiger partial charge in [0.15, 0.2) is 0 Å². The van der Waals surface area contributed by atoms with Crippen LogP contribution in [0.1, 0.15) is 31.2 Å². The van der Waals surface area contributed by atoms with E-state index in [1.54, 1.807) is 0 Å². The monoisotopic (exact) mass is 268 g/mol. The first-order valence-corrected chi connectivity index (χ1v) is 6.97. The van der Waals surface area contributed by atoms with E-state index in [2.05, 4.69) is 11.8 Å². The molecule has 0 aliphatic carbocycles. The van der Waals surface area contributed by atoms with Crippen LogP contribution in [0.15, 0.2) is 18.2 Å². The molecular formula is C15H22F2N2. The summed E-state index contributed by atoms with van der Waals surface area (Å²) in [7, 11) is 0. The third kappa shape index (κ3) is 3.98. The predicted octanol–water partition coefficient (Wildman–Crippen LogP) is 2.74. The highest BCUT2D eigenvalue weighted by atomic mass is 19.1. The molecule has 2 unspecified atom stereocenters. The molecule has 0 spiro atoms.